The first-order chi connectivity index (χ1) is 10.8. The fraction of sp³-hybridized carbons (Fsp3) is 0.278. The monoisotopic (exact) mass is 296 g/mol. The molecule has 0 saturated carbocycles. The van der Waals surface area contributed by atoms with E-state index in [1.165, 1.54) is 5.56 Å². The highest BCUT2D eigenvalue weighted by Gasteiger charge is 2.18. The van der Waals surface area contributed by atoms with Gasteiger partial charge >= 0.3 is 0 Å². The molecule has 1 fully saturated rings. The van der Waals surface area contributed by atoms with E-state index in [1.807, 2.05) is 18.3 Å². The summed E-state index contributed by atoms with van der Waals surface area (Å²) >= 11 is 0. The molecule has 0 bridgehead atoms. The van der Waals surface area contributed by atoms with Gasteiger partial charge < -0.3 is 10.0 Å². The first-order valence-corrected chi connectivity index (χ1v) is 7.75. The molecule has 0 amide bonds. The molecular formula is C18H22N3O+. The minimum absolute atomic E-state index is 0.279. The molecule has 4 nitrogen and oxygen atoms in total. The molecule has 0 aliphatic carbocycles. The largest absolute Gasteiger partial charge is 0.508 e. The number of rotatable bonds is 4. The molecule has 2 aromatic carbocycles. The van der Waals surface area contributed by atoms with Gasteiger partial charge in [0.2, 0.25) is 0 Å². The van der Waals surface area contributed by atoms with E-state index in [0.29, 0.717) is 0 Å². The molecule has 0 atom stereocenters. The standard InChI is InChI=1S/C18H21N3O/c22-18-8-4-7-17(13-18)14-19-21-11-9-20(10-12-21)15-16-5-2-1-3-6-16/h1-8,13-14,22H,9-12,15H2/p+1/b19-14+. The van der Waals surface area contributed by atoms with Crippen LogP contribution >= 0.6 is 0 Å². The van der Waals surface area contributed by atoms with Gasteiger partial charge in [-0.3, -0.25) is 5.01 Å². The topological polar surface area (TPSA) is 40.3 Å². The van der Waals surface area contributed by atoms with Crippen LogP contribution in [0.4, 0.5) is 0 Å². The molecule has 2 aromatic rings. The Morgan fingerprint density at radius 1 is 1.05 bits per heavy atom. The predicted molar refractivity (Wildman–Crippen MR) is 88.1 cm³/mol. The zero-order chi connectivity index (χ0) is 15.2. The highest BCUT2D eigenvalue weighted by Crippen LogP contribution is 2.09. The van der Waals surface area contributed by atoms with Gasteiger partial charge in [0.05, 0.1) is 32.4 Å². The average molecular weight is 296 g/mol. The van der Waals surface area contributed by atoms with Gasteiger partial charge in [0.25, 0.3) is 0 Å². The molecule has 0 aromatic heterocycles. The van der Waals surface area contributed by atoms with E-state index in [4.69, 9.17) is 0 Å². The summed E-state index contributed by atoms with van der Waals surface area (Å²) in [5.74, 6) is 0.279. The van der Waals surface area contributed by atoms with Crippen molar-refractivity contribution in [2.75, 3.05) is 26.2 Å². The third-order valence-electron chi connectivity index (χ3n) is 3.98. The molecule has 1 aliphatic heterocycles. The van der Waals surface area contributed by atoms with Crippen LogP contribution in [-0.4, -0.2) is 42.5 Å². The number of phenolic OH excluding ortho intramolecular Hbond substituents is 1. The number of hydrazone groups is 1. The Labute approximate surface area is 131 Å². The number of benzene rings is 2. The lowest BCUT2D eigenvalue weighted by molar-refractivity contribution is -0.918. The lowest BCUT2D eigenvalue weighted by Gasteiger charge is -2.30. The average Bonchev–Trinajstić information content (AvgIpc) is 2.55. The summed E-state index contributed by atoms with van der Waals surface area (Å²) in [5, 5.41) is 16.1. The molecule has 0 radical (unpaired) electrons. The van der Waals surface area contributed by atoms with Gasteiger partial charge in [0.15, 0.2) is 0 Å². The minimum atomic E-state index is 0.279. The quantitative estimate of drug-likeness (QED) is 0.830. The van der Waals surface area contributed by atoms with Crippen LogP contribution in [0.3, 0.4) is 0 Å². The van der Waals surface area contributed by atoms with Crippen molar-refractivity contribution in [3.63, 3.8) is 0 Å². The van der Waals surface area contributed by atoms with Crippen LogP contribution in [0.1, 0.15) is 11.1 Å². The van der Waals surface area contributed by atoms with E-state index in [-0.39, 0.29) is 5.75 Å². The second-order valence-electron chi connectivity index (χ2n) is 5.71. The van der Waals surface area contributed by atoms with Crippen molar-refractivity contribution in [3.8, 4) is 5.75 Å². The molecule has 2 N–H and O–H groups in total. The van der Waals surface area contributed by atoms with Gasteiger partial charge in [-0.25, -0.2) is 0 Å². The third-order valence-corrected chi connectivity index (χ3v) is 3.98. The SMILES string of the molecule is Oc1cccc(/C=N/N2CC[NH+](Cc3ccccc3)CC2)c1. The van der Waals surface area contributed by atoms with Crippen LogP contribution in [-0.2, 0) is 6.54 Å². The minimum Gasteiger partial charge on any atom is -0.508 e. The Kier molecular flexibility index (Phi) is 4.71. The molecule has 3 rings (SSSR count). The maximum absolute atomic E-state index is 9.45. The number of hydrogen-bond acceptors (Lipinski definition) is 3. The van der Waals surface area contributed by atoms with Crippen molar-refractivity contribution in [2.45, 2.75) is 6.54 Å². The summed E-state index contributed by atoms with van der Waals surface area (Å²) in [4.78, 5) is 1.61. The Bertz CT molecular complexity index is 619. The maximum Gasteiger partial charge on any atom is 0.116 e. The fourth-order valence-corrected chi connectivity index (χ4v) is 2.74. The molecule has 1 aliphatic rings. The number of nitrogens with zero attached hydrogens (tertiary/aromatic N) is 2. The number of nitrogens with one attached hydrogen (secondary N) is 1. The highest BCUT2D eigenvalue weighted by molar-refractivity contribution is 5.79. The van der Waals surface area contributed by atoms with Crippen LogP contribution in [0, 0.1) is 0 Å². The summed E-state index contributed by atoms with van der Waals surface area (Å²) in [7, 11) is 0. The summed E-state index contributed by atoms with van der Waals surface area (Å²) in [6, 6.07) is 17.8. The summed E-state index contributed by atoms with van der Waals surface area (Å²) in [6.07, 6.45) is 1.82. The second-order valence-corrected chi connectivity index (χ2v) is 5.71. The van der Waals surface area contributed by atoms with Crippen LogP contribution in [0.2, 0.25) is 0 Å². The van der Waals surface area contributed by atoms with E-state index in [9.17, 15) is 5.11 Å². The van der Waals surface area contributed by atoms with Crippen LogP contribution in [0.15, 0.2) is 59.7 Å². The van der Waals surface area contributed by atoms with Crippen LogP contribution in [0.5, 0.6) is 5.75 Å². The van der Waals surface area contributed by atoms with Crippen molar-refractivity contribution >= 4 is 6.21 Å². The molecule has 114 valence electrons. The summed E-state index contributed by atoms with van der Waals surface area (Å²) < 4.78 is 0. The van der Waals surface area contributed by atoms with E-state index in [0.717, 1.165) is 38.3 Å². The summed E-state index contributed by atoms with van der Waals surface area (Å²) in [6.45, 7) is 5.23. The number of hydrogen-bond donors (Lipinski definition) is 2. The lowest BCUT2D eigenvalue weighted by atomic mass is 10.2. The number of phenols is 1. The molecule has 0 unspecified atom stereocenters. The number of quaternary nitrogens is 1. The number of piperazine rings is 1. The van der Waals surface area contributed by atoms with Crippen molar-refractivity contribution in [1.29, 1.82) is 0 Å². The third kappa shape index (κ3) is 4.09. The Balaban J connectivity index is 1.49. The van der Waals surface area contributed by atoms with Gasteiger partial charge in [0.1, 0.15) is 12.3 Å². The fourth-order valence-electron chi connectivity index (χ4n) is 2.74. The molecule has 22 heavy (non-hydrogen) atoms. The Hall–Kier alpha value is -2.33. The molecule has 4 heteroatoms. The van der Waals surface area contributed by atoms with Crippen molar-refractivity contribution in [2.24, 2.45) is 5.10 Å². The molecule has 0 spiro atoms. The van der Waals surface area contributed by atoms with Gasteiger partial charge in [-0.1, -0.05) is 42.5 Å². The van der Waals surface area contributed by atoms with Crippen molar-refractivity contribution < 1.29 is 10.0 Å². The van der Waals surface area contributed by atoms with Gasteiger partial charge in [-0.2, -0.15) is 5.10 Å². The first kappa shape index (κ1) is 14.6. The van der Waals surface area contributed by atoms with E-state index in [1.54, 1.807) is 17.0 Å². The first-order valence-electron chi connectivity index (χ1n) is 7.75. The van der Waals surface area contributed by atoms with Gasteiger partial charge in [-0.05, 0) is 17.7 Å². The summed E-state index contributed by atoms with van der Waals surface area (Å²) in [5.41, 5.74) is 2.33. The molecule has 1 heterocycles. The van der Waals surface area contributed by atoms with Crippen molar-refractivity contribution in [1.82, 2.24) is 5.01 Å². The smallest absolute Gasteiger partial charge is 0.116 e. The van der Waals surface area contributed by atoms with Crippen LogP contribution < -0.4 is 4.90 Å². The lowest BCUT2D eigenvalue weighted by Crippen LogP contribution is -3.13. The normalized spacial score (nSPS) is 16.3. The Morgan fingerprint density at radius 3 is 2.55 bits per heavy atom. The highest BCUT2D eigenvalue weighted by atomic mass is 16.3. The van der Waals surface area contributed by atoms with E-state index < -0.39 is 0 Å². The maximum atomic E-state index is 9.45. The van der Waals surface area contributed by atoms with Crippen molar-refractivity contribution in [3.05, 3.63) is 65.7 Å². The zero-order valence-electron chi connectivity index (χ0n) is 12.7. The Morgan fingerprint density at radius 2 is 1.82 bits per heavy atom. The molecular weight excluding hydrogens is 274 g/mol. The van der Waals surface area contributed by atoms with Gasteiger partial charge in [0, 0.05) is 5.56 Å². The second kappa shape index (κ2) is 7.09. The predicted octanol–water partition coefficient (Wildman–Crippen LogP) is 1.13. The number of aromatic hydroxyl groups is 1. The van der Waals surface area contributed by atoms with Gasteiger partial charge in [-0.15, -0.1) is 0 Å². The van der Waals surface area contributed by atoms with E-state index >= 15 is 0 Å². The van der Waals surface area contributed by atoms with E-state index in [2.05, 4.69) is 40.4 Å². The molecule has 1 saturated heterocycles. The zero-order valence-corrected chi connectivity index (χ0v) is 12.7. The van der Waals surface area contributed by atoms with Crippen LogP contribution in [0.25, 0.3) is 0 Å².